The van der Waals surface area contributed by atoms with Gasteiger partial charge in [-0.05, 0) is 26.0 Å². The Bertz CT molecular complexity index is 295. The number of hydrogen-bond donors (Lipinski definition) is 1. The molecule has 0 saturated carbocycles. The summed E-state index contributed by atoms with van der Waals surface area (Å²) >= 11 is 0. The SMILES string of the molecule is CC#CCN[C@H](C)c1ccccn1. The van der Waals surface area contributed by atoms with Crippen LogP contribution < -0.4 is 5.32 Å². The number of rotatable bonds is 3. The summed E-state index contributed by atoms with van der Waals surface area (Å²) in [6, 6.07) is 6.19. The molecule has 0 bridgehead atoms. The minimum absolute atomic E-state index is 0.266. The van der Waals surface area contributed by atoms with Gasteiger partial charge in [-0.25, -0.2) is 0 Å². The summed E-state index contributed by atoms with van der Waals surface area (Å²) in [6.07, 6.45) is 1.80. The highest BCUT2D eigenvalue weighted by atomic mass is 14.9. The van der Waals surface area contributed by atoms with Gasteiger partial charge in [0.05, 0.1) is 12.2 Å². The van der Waals surface area contributed by atoms with Crippen LogP contribution in [0, 0.1) is 11.8 Å². The smallest absolute Gasteiger partial charge is 0.0581 e. The van der Waals surface area contributed by atoms with Crippen LogP contribution in [0.5, 0.6) is 0 Å². The van der Waals surface area contributed by atoms with E-state index in [1.54, 1.807) is 6.20 Å². The average molecular weight is 174 g/mol. The highest BCUT2D eigenvalue weighted by Gasteiger charge is 2.02. The largest absolute Gasteiger partial charge is 0.298 e. The second-order valence-electron chi connectivity index (χ2n) is 2.78. The molecule has 0 unspecified atom stereocenters. The van der Waals surface area contributed by atoms with Crippen molar-refractivity contribution < 1.29 is 0 Å². The molecule has 0 aliphatic rings. The molecule has 1 heterocycles. The minimum atomic E-state index is 0.266. The van der Waals surface area contributed by atoms with Crippen molar-refractivity contribution >= 4 is 0 Å². The summed E-state index contributed by atoms with van der Waals surface area (Å²) in [6.45, 7) is 4.64. The van der Waals surface area contributed by atoms with Crippen LogP contribution in [0.2, 0.25) is 0 Å². The van der Waals surface area contributed by atoms with E-state index in [-0.39, 0.29) is 6.04 Å². The van der Waals surface area contributed by atoms with Gasteiger partial charge in [-0.15, -0.1) is 5.92 Å². The van der Waals surface area contributed by atoms with Crippen LogP contribution in [0.1, 0.15) is 25.6 Å². The number of aromatic nitrogens is 1. The molecule has 13 heavy (non-hydrogen) atoms. The normalized spacial score (nSPS) is 11.5. The van der Waals surface area contributed by atoms with E-state index in [0.29, 0.717) is 6.54 Å². The van der Waals surface area contributed by atoms with Crippen molar-refractivity contribution in [1.82, 2.24) is 10.3 Å². The fourth-order valence-corrected chi connectivity index (χ4v) is 1.03. The van der Waals surface area contributed by atoms with Crippen LogP contribution in [0.4, 0.5) is 0 Å². The van der Waals surface area contributed by atoms with Crippen molar-refractivity contribution in [3.63, 3.8) is 0 Å². The van der Waals surface area contributed by atoms with Gasteiger partial charge in [0.1, 0.15) is 0 Å². The number of hydrogen-bond acceptors (Lipinski definition) is 2. The van der Waals surface area contributed by atoms with Gasteiger partial charge in [-0.2, -0.15) is 0 Å². The van der Waals surface area contributed by atoms with Crippen LogP contribution in [-0.2, 0) is 0 Å². The second kappa shape index (κ2) is 5.34. The first-order valence-corrected chi connectivity index (χ1v) is 4.38. The van der Waals surface area contributed by atoms with Gasteiger partial charge in [0.15, 0.2) is 0 Å². The highest BCUT2D eigenvalue weighted by molar-refractivity contribution is 5.08. The van der Waals surface area contributed by atoms with E-state index in [0.717, 1.165) is 5.69 Å². The zero-order valence-corrected chi connectivity index (χ0v) is 8.04. The predicted octanol–water partition coefficient (Wildman–Crippen LogP) is 1.76. The Hall–Kier alpha value is -1.33. The van der Waals surface area contributed by atoms with Gasteiger partial charge >= 0.3 is 0 Å². The molecule has 0 fully saturated rings. The van der Waals surface area contributed by atoms with Crippen LogP contribution in [0.3, 0.4) is 0 Å². The summed E-state index contributed by atoms with van der Waals surface area (Å²) < 4.78 is 0. The average Bonchev–Trinajstić information content (AvgIpc) is 2.19. The predicted molar refractivity (Wildman–Crippen MR) is 54.1 cm³/mol. The van der Waals surface area contributed by atoms with Crippen LogP contribution in [0.15, 0.2) is 24.4 Å². The zero-order chi connectivity index (χ0) is 9.52. The lowest BCUT2D eigenvalue weighted by molar-refractivity contribution is 0.606. The van der Waals surface area contributed by atoms with Gasteiger partial charge in [-0.1, -0.05) is 12.0 Å². The Labute approximate surface area is 79.4 Å². The van der Waals surface area contributed by atoms with Crippen molar-refractivity contribution in [3.8, 4) is 11.8 Å². The molecule has 0 radical (unpaired) electrons. The lowest BCUT2D eigenvalue weighted by Crippen LogP contribution is -2.19. The minimum Gasteiger partial charge on any atom is -0.298 e. The van der Waals surface area contributed by atoms with Gasteiger partial charge in [0.25, 0.3) is 0 Å². The van der Waals surface area contributed by atoms with Crippen molar-refractivity contribution in [3.05, 3.63) is 30.1 Å². The van der Waals surface area contributed by atoms with E-state index in [2.05, 4.69) is 29.1 Å². The van der Waals surface area contributed by atoms with Crippen molar-refractivity contribution in [1.29, 1.82) is 0 Å². The fourth-order valence-electron chi connectivity index (χ4n) is 1.03. The molecule has 2 nitrogen and oxygen atoms in total. The van der Waals surface area contributed by atoms with Crippen LogP contribution in [0.25, 0.3) is 0 Å². The quantitative estimate of drug-likeness (QED) is 0.706. The molecule has 0 aliphatic carbocycles. The maximum Gasteiger partial charge on any atom is 0.0581 e. The van der Waals surface area contributed by atoms with E-state index in [9.17, 15) is 0 Å². The third-order valence-corrected chi connectivity index (χ3v) is 1.80. The lowest BCUT2D eigenvalue weighted by atomic mass is 10.2. The Morgan fingerprint density at radius 2 is 2.38 bits per heavy atom. The number of nitrogens with zero attached hydrogens (tertiary/aromatic N) is 1. The number of nitrogens with one attached hydrogen (secondary N) is 1. The topological polar surface area (TPSA) is 24.9 Å². The zero-order valence-electron chi connectivity index (χ0n) is 8.04. The van der Waals surface area contributed by atoms with Crippen LogP contribution in [-0.4, -0.2) is 11.5 Å². The Morgan fingerprint density at radius 1 is 1.54 bits per heavy atom. The van der Waals surface area contributed by atoms with Gasteiger partial charge in [0, 0.05) is 12.2 Å². The summed E-state index contributed by atoms with van der Waals surface area (Å²) in [4.78, 5) is 4.25. The summed E-state index contributed by atoms with van der Waals surface area (Å²) in [5, 5.41) is 3.26. The Kier molecular flexibility index (Phi) is 4.01. The molecule has 68 valence electrons. The molecule has 1 rings (SSSR count). The Morgan fingerprint density at radius 3 is 3.00 bits per heavy atom. The fraction of sp³-hybridized carbons (Fsp3) is 0.364. The van der Waals surface area contributed by atoms with Crippen molar-refractivity contribution in [2.75, 3.05) is 6.54 Å². The first-order valence-electron chi connectivity index (χ1n) is 4.38. The molecular weight excluding hydrogens is 160 g/mol. The molecule has 0 saturated heterocycles. The van der Waals surface area contributed by atoms with Gasteiger partial charge in [0.2, 0.25) is 0 Å². The molecule has 0 spiro atoms. The molecule has 0 aliphatic heterocycles. The summed E-state index contributed by atoms with van der Waals surface area (Å²) in [5.41, 5.74) is 1.06. The molecule has 1 N–H and O–H groups in total. The molecule has 0 aromatic carbocycles. The first kappa shape index (κ1) is 9.76. The maximum atomic E-state index is 4.25. The monoisotopic (exact) mass is 174 g/mol. The highest BCUT2D eigenvalue weighted by Crippen LogP contribution is 2.06. The Balaban J connectivity index is 2.47. The van der Waals surface area contributed by atoms with Crippen molar-refractivity contribution in [2.45, 2.75) is 19.9 Å². The third kappa shape index (κ3) is 3.27. The molecule has 0 amide bonds. The first-order chi connectivity index (χ1) is 6.34. The van der Waals surface area contributed by atoms with Crippen LogP contribution >= 0.6 is 0 Å². The van der Waals surface area contributed by atoms with Crippen molar-refractivity contribution in [2.24, 2.45) is 0 Å². The summed E-state index contributed by atoms with van der Waals surface area (Å²) in [7, 11) is 0. The van der Waals surface area contributed by atoms with E-state index in [1.165, 1.54) is 0 Å². The molecular formula is C11H14N2. The molecule has 2 heteroatoms. The standard InChI is InChI=1S/C11H14N2/c1-3-4-8-12-10(2)11-7-5-6-9-13-11/h5-7,9-10,12H,8H2,1-2H3/t10-/m1/s1. The molecule has 1 aromatic heterocycles. The van der Waals surface area contributed by atoms with E-state index >= 15 is 0 Å². The maximum absolute atomic E-state index is 4.25. The van der Waals surface area contributed by atoms with E-state index in [4.69, 9.17) is 0 Å². The molecule has 1 aromatic rings. The number of pyridine rings is 1. The van der Waals surface area contributed by atoms with E-state index in [1.807, 2.05) is 25.1 Å². The lowest BCUT2D eigenvalue weighted by Gasteiger charge is -2.09. The second-order valence-corrected chi connectivity index (χ2v) is 2.78. The van der Waals surface area contributed by atoms with E-state index < -0.39 is 0 Å². The van der Waals surface area contributed by atoms with Gasteiger partial charge < -0.3 is 0 Å². The van der Waals surface area contributed by atoms with Gasteiger partial charge in [-0.3, -0.25) is 10.3 Å². The third-order valence-electron chi connectivity index (χ3n) is 1.80. The molecule has 1 atom stereocenters. The summed E-state index contributed by atoms with van der Waals surface area (Å²) in [5.74, 6) is 5.80.